The summed E-state index contributed by atoms with van der Waals surface area (Å²) in [4.78, 5) is 25.0. The summed E-state index contributed by atoms with van der Waals surface area (Å²) >= 11 is 5.80. The van der Waals surface area contributed by atoms with Crippen LogP contribution in [0.2, 0.25) is 5.02 Å². The monoisotopic (exact) mass is 297 g/mol. The minimum Gasteiger partial charge on any atom is -0.495 e. The van der Waals surface area contributed by atoms with Gasteiger partial charge in [0.05, 0.1) is 24.2 Å². The Morgan fingerprint density at radius 2 is 2.00 bits per heavy atom. The van der Waals surface area contributed by atoms with E-state index in [0.717, 1.165) is 16.5 Å². The van der Waals surface area contributed by atoms with Crippen molar-refractivity contribution in [3.8, 4) is 5.75 Å². The van der Waals surface area contributed by atoms with E-state index < -0.39 is 17.6 Å². The van der Waals surface area contributed by atoms with Gasteiger partial charge in [0.2, 0.25) is 5.91 Å². The molecule has 0 N–H and O–H groups in total. The van der Waals surface area contributed by atoms with Crippen LogP contribution in [0.4, 0.5) is 10.1 Å². The third-order valence-corrected chi connectivity index (χ3v) is 3.40. The van der Waals surface area contributed by atoms with Crippen LogP contribution in [0.5, 0.6) is 5.75 Å². The minimum absolute atomic E-state index is 0.0223. The van der Waals surface area contributed by atoms with Gasteiger partial charge in [0.1, 0.15) is 11.6 Å². The summed E-state index contributed by atoms with van der Waals surface area (Å²) in [7, 11) is 1.37. The van der Waals surface area contributed by atoms with Crippen LogP contribution < -0.4 is 9.64 Å². The first-order chi connectivity index (χ1) is 9.36. The van der Waals surface area contributed by atoms with E-state index in [1.165, 1.54) is 13.2 Å². The highest BCUT2D eigenvalue weighted by atomic mass is 35.5. The molecule has 1 heterocycles. The Kier molecular flexibility index (Phi) is 3.81. The summed E-state index contributed by atoms with van der Waals surface area (Å²) in [5.74, 6) is -1.51. The van der Waals surface area contributed by atoms with Gasteiger partial charge in [-0.3, -0.25) is 9.59 Å². The number of halogens is 2. The van der Waals surface area contributed by atoms with Crippen LogP contribution in [0.15, 0.2) is 23.3 Å². The minimum atomic E-state index is -0.743. The molecule has 0 unspecified atom stereocenters. The zero-order valence-corrected chi connectivity index (χ0v) is 12.0. The molecule has 0 saturated carbocycles. The number of amides is 2. The van der Waals surface area contributed by atoms with Gasteiger partial charge in [-0.15, -0.1) is 0 Å². The molecule has 1 aromatic carbocycles. The second kappa shape index (κ2) is 5.25. The van der Waals surface area contributed by atoms with E-state index in [1.54, 1.807) is 13.8 Å². The SMILES string of the molecule is COc1cc(N2C(=O)CC(=C(C)C)C2=O)c(F)cc1Cl. The van der Waals surface area contributed by atoms with Crippen LogP contribution in [0.25, 0.3) is 0 Å². The number of imide groups is 1. The first-order valence-electron chi connectivity index (χ1n) is 5.93. The molecule has 0 radical (unpaired) electrons. The average molecular weight is 298 g/mol. The van der Waals surface area contributed by atoms with E-state index in [0.29, 0.717) is 5.57 Å². The van der Waals surface area contributed by atoms with Gasteiger partial charge in [-0.2, -0.15) is 0 Å². The molecule has 1 fully saturated rings. The molecule has 1 aliphatic rings. The maximum absolute atomic E-state index is 14.0. The number of rotatable bonds is 2. The smallest absolute Gasteiger partial charge is 0.261 e. The van der Waals surface area contributed by atoms with E-state index in [-0.39, 0.29) is 22.9 Å². The summed E-state index contributed by atoms with van der Waals surface area (Å²) in [6, 6.07) is 2.28. The molecule has 4 nitrogen and oxygen atoms in total. The highest BCUT2D eigenvalue weighted by Gasteiger charge is 2.37. The van der Waals surface area contributed by atoms with Crippen molar-refractivity contribution in [3.05, 3.63) is 34.1 Å². The van der Waals surface area contributed by atoms with Crippen LogP contribution >= 0.6 is 11.6 Å². The van der Waals surface area contributed by atoms with Gasteiger partial charge in [-0.1, -0.05) is 17.2 Å². The second-order valence-electron chi connectivity index (χ2n) is 4.63. The first-order valence-corrected chi connectivity index (χ1v) is 6.31. The zero-order chi connectivity index (χ0) is 15.0. The summed E-state index contributed by atoms with van der Waals surface area (Å²) in [6.07, 6.45) is -0.0223. The van der Waals surface area contributed by atoms with Gasteiger partial charge in [-0.05, 0) is 19.9 Å². The number of carbonyl (C=O) groups excluding carboxylic acids is 2. The zero-order valence-electron chi connectivity index (χ0n) is 11.3. The Balaban J connectivity index is 2.55. The lowest BCUT2D eigenvalue weighted by Gasteiger charge is -2.16. The quantitative estimate of drug-likeness (QED) is 0.622. The molecule has 6 heteroatoms. The lowest BCUT2D eigenvalue weighted by molar-refractivity contribution is -0.120. The van der Waals surface area contributed by atoms with Crippen molar-refractivity contribution in [1.82, 2.24) is 0 Å². The number of benzene rings is 1. The first kappa shape index (κ1) is 14.5. The molecule has 0 spiro atoms. The van der Waals surface area contributed by atoms with Crippen LogP contribution in [-0.4, -0.2) is 18.9 Å². The lowest BCUT2D eigenvalue weighted by Crippen LogP contribution is -2.30. The van der Waals surface area contributed by atoms with Gasteiger partial charge in [0.15, 0.2) is 0 Å². The number of allylic oxidation sites excluding steroid dienone is 1. The van der Waals surface area contributed by atoms with E-state index >= 15 is 0 Å². The largest absolute Gasteiger partial charge is 0.495 e. The van der Waals surface area contributed by atoms with Gasteiger partial charge < -0.3 is 4.74 Å². The fourth-order valence-electron chi connectivity index (χ4n) is 2.03. The lowest BCUT2D eigenvalue weighted by atomic mass is 10.1. The molecule has 1 saturated heterocycles. The third kappa shape index (κ3) is 2.29. The van der Waals surface area contributed by atoms with E-state index in [1.807, 2.05) is 0 Å². The normalized spacial score (nSPS) is 15.1. The van der Waals surface area contributed by atoms with E-state index in [9.17, 15) is 14.0 Å². The summed E-state index contributed by atoms with van der Waals surface area (Å²) < 4.78 is 19.0. The molecule has 2 rings (SSSR count). The molecule has 1 aliphatic heterocycles. The molecule has 106 valence electrons. The Hall–Kier alpha value is -1.88. The fourth-order valence-corrected chi connectivity index (χ4v) is 2.26. The number of methoxy groups -OCH3 is 1. The number of anilines is 1. The molecule has 0 aromatic heterocycles. The second-order valence-corrected chi connectivity index (χ2v) is 5.03. The van der Waals surface area contributed by atoms with Crippen molar-refractivity contribution in [2.24, 2.45) is 0 Å². The third-order valence-electron chi connectivity index (χ3n) is 3.10. The fraction of sp³-hybridized carbons (Fsp3) is 0.286. The van der Waals surface area contributed by atoms with Crippen LogP contribution in [0.1, 0.15) is 20.3 Å². The molecule has 20 heavy (non-hydrogen) atoms. The molecular weight excluding hydrogens is 285 g/mol. The molecular formula is C14H13ClFNO3. The Morgan fingerprint density at radius 3 is 2.50 bits per heavy atom. The number of hydrogen-bond donors (Lipinski definition) is 0. The maximum atomic E-state index is 14.0. The average Bonchev–Trinajstić information content (AvgIpc) is 2.66. The molecule has 0 bridgehead atoms. The maximum Gasteiger partial charge on any atom is 0.261 e. The molecule has 2 amide bonds. The van der Waals surface area contributed by atoms with Crippen molar-refractivity contribution < 1.29 is 18.7 Å². The highest BCUT2D eigenvalue weighted by molar-refractivity contribution is 6.32. The van der Waals surface area contributed by atoms with Gasteiger partial charge in [0, 0.05) is 11.6 Å². The predicted octanol–water partition coefficient (Wildman–Crippen LogP) is 3.09. The van der Waals surface area contributed by atoms with Gasteiger partial charge >= 0.3 is 0 Å². The molecule has 0 aliphatic carbocycles. The van der Waals surface area contributed by atoms with Crippen LogP contribution in [0, 0.1) is 5.82 Å². The summed E-state index contributed by atoms with van der Waals surface area (Å²) in [5, 5.41) is 0.0790. The van der Waals surface area contributed by atoms with E-state index in [2.05, 4.69) is 0 Å². The van der Waals surface area contributed by atoms with Crippen molar-refractivity contribution in [2.75, 3.05) is 12.0 Å². The Labute approximate surface area is 120 Å². The standard InChI is InChI=1S/C14H13ClFNO3/c1-7(2)8-4-13(18)17(14(8)19)11-6-12(20-3)9(15)5-10(11)16/h5-6H,4H2,1-3H3. The van der Waals surface area contributed by atoms with Crippen molar-refractivity contribution in [1.29, 1.82) is 0 Å². The van der Waals surface area contributed by atoms with Gasteiger partial charge in [0.25, 0.3) is 5.91 Å². The number of hydrogen-bond acceptors (Lipinski definition) is 3. The molecule has 1 aromatic rings. The highest BCUT2D eigenvalue weighted by Crippen LogP contribution is 2.35. The number of ether oxygens (including phenoxy) is 1. The Bertz CT molecular complexity index is 636. The molecule has 0 atom stereocenters. The van der Waals surface area contributed by atoms with Crippen molar-refractivity contribution in [3.63, 3.8) is 0 Å². The summed E-state index contributed by atoms with van der Waals surface area (Å²) in [6.45, 7) is 3.48. The Morgan fingerprint density at radius 1 is 1.35 bits per heavy atom. The number of carbonyl (C=O) groups is 2. The van der Waals surface area contributed by atoms with E-state index in [4.69, 9.17) is 16.3 Å². The summed E-state index contributed by atoms with van der Waals surface area (Å²) in [5.41, 5.74) is 0.994. The van der Waals surface area contributed by atoms with Crippen LogP contribution in [0.3, 0.4) is 0 Å². The number of nitrogens with zero attached hydrogens (tertiary/aromatic N) is 1. The predicted molar refractivity (Wildman–Crippen MR) is 73.4 cm³/mol. The topological polar surface area (TPSA) is 46.6 Å². The van der Waals surface area contributed by atoms with Crippen molar-refractivity contribution >= 4 is 29.1 Å². The van der Waals surface area contributed by atoms with Crippen molar-refractivity contribution in [2.45, 2.75) is 20.3 Å². The van der Waals surface area contributed by atoms with Gasteiger partial charge in [-0.25, -0.2) is 9.29 Å². The van der Waals surface area contributed by atoms with Crippen LogP contribution in [-0.2, 0) is 9.59 Å².